The van der Waals surface area contributed by atoms with Gasteiger partial charge in [0.15, 0.2) is 12.4 Å². The van der Waals surface area contributed by atoms with Crippen molar-refractivity contribution in [2.75, 3.05) is 25.2 Å². The van der Waals surface area contributed by atoms with Crippen LogP contribution in [-0.2, 0) is 14.3 Å². The van der Waals surface area contributed by atoms with E-state index < -0.39 is 30.2 Å². The third-order valence-corrected chi connectivity index (χ3v) is 6.92. The smallest absolute Gasteiger partial charge is 0.343 e. The molecular formula is C34H29NO8. The lowest BCUT2D eigenvalue weighted by Gasteiger charge is -2.17. The van der Waals surface area contributed by atoms with Gasteiger partial charge >= 0.3 is 11.9 Å². The van der Waals surface area contributed by atoms with E-state index in [0.717, 1.165) is 11.3 Å². The van der Waals surface area contributed by atoms with Gasteiger partial charge in [0.2, 0.25) is 5.91 Å². The van der Waals surface area contributed by atoms with Gasteiger partial charge in [-0.15, -0.1) is 0 Å². The molecule has 4 aromatic carbocycles. The van der Waals surface area contributed by atoms with E-state index in [0.29, 0.717) is 28.3 Å². The van der Waals surface area contributed by atoms with Crippen LogP contribution >= 0.6 is 0 Å². The molecule has 4 aromatic rings. The van der Waals surface area contributed by atoms with Crippen LogP contribution in [0.25, 0.3) is 0 Å². The number of benzene rings is 4. The summed E-state index contributed by atoms with van der Waals surface area (Å²) in [4.78, 5) is 51.8. The van der Waals surface area contributed by atoms with Gasteiger partial charge in [-0.25, -0.2) is 4.79 Å². The average Bonchev–Trinajstić information content (AvgIpc) is 3.42. The van der Waals surface area contributed by atoms with Crippen molar-refractivity contribution >= 4 is 29.3 Å². The molecule has 1 heterocycles. The summed E-state index contributed by atoms with van der Waals surface area (Å²) in [5.41, 5.74) is 2.36. The van der Waals surface area contributed by atoms with Crippen LogP contribution in [0, 0.1) is 12.8 Å². The fourth-order valence-corrected chi connectivity index (χ4v) is 4.49. The van der Waals surface area contributed by atoms with Crippen molar-refractivity contribution in [1.29, 1.82) is 0 Å². The molecule has 1 saturated heterocycles. The molecule has 9 nitrogen and oxygen atoms in total. The number of ether oxygens (including phenoxy) is 4. The molecule has 0 aromatic heterocycles. The first kappa shape index (κ1) is 29.1. The quantitative estimate of drug-likeness (QED) is 0.132. The summed E-state index contributed by atoms with van der Waals surface area (Å²) >= 11 is 0. The van der Waals surface area contributed by atoms with Gasteiger partial charge in [0.05, 0.1) is 18.6 Å². The van der Waals surface area contributed by atoms with Crippen molar-refractivity contribution in [1.82, 2.24) is 0 Å². The van der Waals surface area contributed by atoms with Crippen LogP contribution in [-0.4, -0.2) is 43.9 Å². The molecule has 1 fully saturated rings. The van der Waals surface area contributed by atoms with Crippen molar-refractivity contribution < 1.29 is 38.1 Å². The van der Waals surface area contributed by atoms with Crippen LogP contribution in [0.4, 0.5) is 5.69 Å². The summed E-state index contributed by atoms with van der Waals surface area (Å²) in [6.07, 6.45) is -0.0157. The van der Waals surface area contributed by atoms with E-state index in [1.165, 1.54) is 29.2 Å². The molecule has 0 radical (unpaired) electrons. The van der Waals surface area contributed by atoms with Gasteiger partial charge in [0.1, 0.15) is 23.0 Å². The Hall–Kier alpha value is -5.44. The number of amides is 1. The molecule has 5 rings (SSSR count). The van der Waals surface area contributed by atoms with Gasteiger partial charge < -0.3 is 23.8 Å². The highest BCUT2D eigenvalue weighted by atomic mass is 16.5. The maximum Gasteiger partial charge on any atom is 0.343 e. The maximum absolute atomic E-state index is 12.7. The van der Waals surface area contributed by atoms with Crippen LogP contribution in [0.15, 0.2) is 97.1 Å². The molecule has 0 bridgehead atoms. The Balaban J connectivity index is 1.10. The molecule has 1 atom stereocenters. The minimum absolute atomic E-state index is 0.0157. The summed E-state index contributed by atoms with van der Waals surface area (Å²) in [7, 11) is 1.59. The molecule has 0 spiro atoms. The standard InChI is InChI=1S/C34H29NO8/c1-22-3-5-24(6-4-22)34(39)43-30-11-7-23(8-12-30)31(36)21-41-33(38)25-19-32(37)35(20-25)26-9-13-28(14-10-26)42-29-17-15-27(40-2)16-18-29/h3-18,25H,19-21H2,1-2H3. The summed E-state index contributed by atoms with van der Waals surface area (Å²) < 4.78 is 21.6. The molecule has 218 valence electrons. The molecule has 1 aliphatic rings. The summed E-state index contributed by atoms with van der Waals surface area (Å²) in [6, 6.07) is 27.1. The third kappa shape index (κ3) is 7.26. The highest BCUT2D eigenvalue weighted by Crippen LogP contribution is 2.30. The molecule has 1 amide bonds. The fraction of sp³-hybridized carbons (Fsp3) is 0.176. The Kier molecular flexibility index (Phi) is 8.81. The SMILES string of the molecule is COc1ccc(Oc2ccc(N3CC(C(=O)OCC(=O)c4ccc(OC(=O)c5ccc(C)cc5)cc4)CC3=O)cc2)cc1. The summed E-state index contributed by atoms with van der Waals surface area (Å²) in [5.74, 6) is -0.221. The number of aryl methyl sites for hydroxylation is 1. The lowest BCUT2D eigenvalue weighted by atomic mass is 10.1. The number of carbonyl (C=O) groups is 4. The first-order chi connectivity index (χ1) is 20.8. The van der Waals surface area contributed by atoms with Crippen molar-refractivity contribution in [2.24, 2.45) is 5.92 Å². The second-order valence-corrected chi connectivity index (χ2v) is 9.99. The van der Waals surface area contributed by atoms with Crippen LogP contribution < -0.4 is 19.1 Å². The molecule has 9 heteroatoms. The second kappa shape index (κ2) is 13.0. The number of rotatable bonds is 10. The number of Topliss-reactive ketones (excluding diaryl/α,β-unsaturated/α-hetero) is 1. The maximum atomic E-state index is 12.7. The highest BCUT2D eigenvalue weighted by molar-refractivity contribution is 6.01. The third-order valence-electron chi connectivity index (χ3n) is 6.92. The lowest BCUT2D eigenvalue weighted by molar-refractivity contribution is -0.147. The molecule has 0 N–H and O–H groups in total. The molecule has 0 aliphatic carbocycles. The van der Waals surface area contributed by atoms with E-state index in [4.69, 9.17) is 18.9 Å². The summed E-state index contributed by atoms with van der Waals surface area (Å²) in [6.45, 7) is 1.60. The van der Waals surface area contributed by atoms with Gasteiger partial charge in [-0.2, -0.15) is 0 Å². The Morgan fingerprint density at radius 1 is 0.744 bits per heavy atom. The Morgan fingerprint density at radius 3 is 1.93 bits per heavy atom. The number of anilines is 1. The van der Waals surface area contributed by atoms with Gasteiger partial charge in [-0.3, -0.25) is 14.4 Å². The van der Waals surface area contributed by atoms with E-state index in [1.54, 1.807) is 67.8 Å². The van der Waals surface area contributed by atoms with Crippen LogP contribution in [0.5, 0.6) is 23.0 Å². The largest absolute Gasteiger partial charge is 0.497 e. The first-order valence-electron chi connectivity index (χ1n) is 13.6. The minimum atomic E-state index is -0.695. The van der Waals surface area contributed by atoms with Gasteiger partial charge in [0.25, 0.3) is 0 Å². The van der Waals surface area contributed by atoms with E-state index in [1.807, 2.05) is 19.1 Å². The highest BCUT2D eigenvalue weighted by Gasteiger charge is 2.36. The predicted molar refractivity (Wildman–Crippen MR) is 158 cm³/mol. The normalized spacial score (nSPS) is 14.2. The number of esters is 2. The van der Waals surface area contributed by atoms with Crippen LogP contribution in [0.3, 0.4) is 0 Å². The minimum Gasteiger partial charge on any atom is -0.497 e. The number of hydrogen-bond acceptors (Lipinski definition) is 8. The average molecular weight is 580 g/mol. The monoisotopic (exact) mass is 579 g/mol. The molecule has 1 unspecified atom stereocenters. The first-order valence-corrected chi connectivity index (χ1v) is 13.6. The number of methoxy groups -OCH3 is 1. The second-order valence-electron chi connectivity index (χ2n) is 9.99. The van der Waals surface area contributed by atoms with Crippen molar-refractivity contribution in [3.05, 3.63) is 114 Å². The molecular weight excluding hydrogens is 550 g/mol. The van der Waals surface area contributed by atoms with E-state index >= 15 is 0 Å². The van der Waals surface area contributed by atoms with Gasteiger partial charge in [0, 0.05) is 24.2 Å². The van der Waals surface area contributed by atoms with E-state index in [9.17, 15) is 19.2 Å². The zero-order valence-electron chi connectivity index (χ0n) is 23.6. The molecule has 0 saturated carbocycles. The van der Waals surface area contributed by atoms with Crippen LogP contribution in [0.1, 0.15) is 32.7 Å². The Labute approximate surface area is 248 Å². The zero-order chi connectivity index (χ0) is 30.3. The summed E-state index contributed by atoms with van der Waals surface area (Å²) in [5, 5.41) is 0. The van der Waals surface area contributed by atoms with Crippen molar-refractivity contribution in [3.63, 3.8) is 0 Å². The Bertz CT molecular complexity index is 1610. The predicted octanol–water partition coefficient (Wildman–Crippen LogP) is 5.79. The fourth-order valence-electron chi connectivity index (χ4n) is 4.49. The van der Waals surface area contributed by atoms with E-state index in [-0.39, 0.29) is 24.6 Å². The van der Waals surface area contributed by atoms with Crippen LogP contribution in [0.2, 0.25) is 0 Å². The van der Waals surface area contributed by atoms with Gasteiger partial charge in [-0.05, 0) is 91.9 Å². The number of nitrogens with zero attached hydrogens (tertiary/aromatic N) is 1. The van der Waals surface area contributed by atoms with Gasteiger partial charge in [-0.1, -0.05) is 17.7 Å². The lowest BCUT2D eigenvalue weighted by Crippen LogP contribution is -2.27. The number of carbonyl (C=O) groups excluding carboxylic acids is 4. The number of ketones is 1. The topological polar surface area (TPSA) is 108 Å². The van der Waals surface area contributed by atoms with Crippen molar-refractivity contribution in [2.45, 2.75) is 13.3 Å². The molecule has 1 aliphatic heterocycles. The Morgan fingerprint density at radius 2 is 1.30 bits per heavy atom. The zero-order valence-corrected chi connectivity index (χ0v) is 23.6. The number of hydrogen-bond donors (Lipinski definition) is 0. The van der Waals surface area contributed by atoms with E-state index in [2.05, 4.69) is 0 Å². The van der Waals surface area contributed by atoms with Crippen molar-refractivity contribution in [3.8, 4) is 23.0 Å². The molecule has 43 heavy (non-hydrogen) atoms.